The first-order valence-electron chi connectivity index (χ1n) is 7.99. The highest BCUT2D eigenvalue weighted by Crippen LogP contribution is 2.37. The van der Waals surface area contributed by atoms with Gasteiger partial charge in [-0.25, -0.2) is 9.59 Å². The number of hydrogen-bond acceptors (Lipinski definition) is 4. The predicted octanol–water partition coefficient (Wildman–Crippen LogP) is 2.44. The van der Waals surface area contributed by atoms with Crippen molar-refractivity contribution in [3.05, 3.63) is 65.9 Å². The van der Waals surface area contributed by atoms with Crippen LogP contribution < -0.4 is 0 Å². The molecule has 0 saturated heterocycles. The molecule has 0 aliphatic rings. The lowest BCUT2D eigenvalue weighted by molar-refractivity contribution is -0.183. The zero-order valence-corrected chi connectivity index (χ0v) is 14.0. The fraction of sp³-hybridized carbons (Fsp3) is 0.211. The number of aromatic nitrogens is 2. The van der Waals surface area contributed by atoms with Gasteiger partial charge in [-0.3, -0.25) is 5.10 Å². The number of carbonyl (C=O) groups is 2. The molecule has 26 heavy (non-hydrogen) atoms. The van der Waals surface area contributed by atoms with E-state index in [1.807, 2.05) is 36.4 Å². The number of nitrogens with one attached hydrogen (secondary N) is 1. The Labute approximate surface area is 149 Å². The Morgan fingerprint density at radius 1 is 1.08 bits per heavy atom. The Morgan fingerprint density at radius 2 is 1.69 bits per heavy atom. The molecule has 3 N–H and O–H groups in total. The van der Waals surface area contributed by atoms with Crippen LogP contribution >= 0.6 is 0 Å². The molecule has 0 bridgehead atoms. The number of hydrogen-bond donors (Lipinski definition) is 3. The van der Waals surface area contributed by atoms with Crippen molar-refractivity contribution in [3.8, 4) is 0 Å². The summed E-state index contributed by atoms with van der Waals surface area (Å²) in [7, 11) is 1.09. The summed E-state index contributed by atoms with van der Waals surface area (Å²) in [6.45, 7) is 0. The maximum Gasteiger partial charge on any atom is 0.348 e. The largest absolute Gasteiger partial charge is 0.479 e. The van der Waals surface area contributed by atoms with E-state index in [0.717, 1.165) is 12.7 Å². The third kappa shape index (κ3) is 2.82. The highest BCUT2D eigenvalue weighted by molar-refractivity contribution is 6.04. The van der Waals surface area contributed by atoms with Crippen LogP contribution in [0.2, 0.25) is 0 Å². The number of nitrogens with zero attached hydrogens (tertiary/aromatic N) is 1. The van der Waals surface area contributed by atoms with Gasteiger partial charge in [-0.15, -0.1) is 0 Å². The Hall–Kier alpha value is -3.19. The lowest BCUT2D eigenvalue weighted by atomic mass is 9.79. The number of rotatable bonds is 7. The van der Waals surface area contributed by atoms with Gasteiger partial charge in [0.25, 0.3) is 5.60 Å². The van der Waals surface area contributed by atoms with Gasteiger partial charge in [-0.2, -0.15) is 5.10 Å². The maximum atomic E-state index is 12.0. The monoisotopic (exact) mass is 354 g/mol. The number of methoxy groups -OCH3 is 1. The molecule has 2 aromatic carbocycles. The molecule has 0 aliphatic carbocycles. The van der Waals surface area contributed by atoms with Gasteiger partial charge >= 0.3 is 11.9 Å². The summed E-state index contributed by atoms with van der Waals surface area (Å²) in [5.74, 6) is -4.18. The molecule has 0 aliphatic heterocycles. The number of carboxylic acids is 2. The van der Waals surface area contributed by atoms with E-state index < -0.39 is 23.5 Å². The van der Waals surface area contributed by atoms with Crippen molar-refractivity contribution in [1.29, 1.82) is 0 Å². The number of para-hydroxylation sites is 1. The van der Waals surface area contributed by atoms with Crippen molar-refractivity contribution in [1.82, 2.24) is 10.2 Å². The van der Waals surface area contributed by atoms with Gasteiger partial charge in [-0.1, -0.05) is 48.5 Å². The van der Waals surface area contributed by atoms with Crippen LogP contribution in [0.25, 0.3) is 10.9 Å². The fourth-order valence-electron chi connectivity index (χ4n) is 3.24. The molecule has 134 valence electrons. The average molecular weight is 354 g/mol. The summed E-state index contributed by atoms with van der Waals surface area (Å²) in [5.41, 5.74) is -0.640. The molecule has 7 heteroatoms. The van der Waals surface area contributed by atoms with Crippen molar-refractivity contribution in [2.24, 2.45) is 0 Å². The van der Waals surface area contributed by atoms with Gasteiger partial charge in [-0.05, 0) is 18.1 Å². The molecular weight excluding hydrogens is 336 g/mol. The third-order valence-electron chi connectivity index (χ3n) is 4.56. The first kappa shape index (κ1) is 17.6. The number of aromatic amines is 1. The minimum atomic E-state index is -2.46. The topological polar surface area (TPSA) is 113 Å². The fourth-order valence-corrected chi connectivity index (χ4v) is 3.24. The summed E-state index contributed by atoms with van der Waals surface area (Å²) in [6, 6.07) is 16.2. The van der Waals surface area contributed by atoms with Gasteiger partial charge in [0.05, 0.1) is 17.1 Å². The maximum absolute atomic E-state index is 12.0. The molecular formula is C19H18N2O5. The third-order valence-corrected chi connectivity index (χ3v) is 4.56. The number of carboxylic acid groups (broad SMARTS) is 2. The van der Waals surface area contributed by atoms with Crippen LogP contribution in [-0.2, 0) is 20.7 Å². The highest BCUT2D eigenvalue weighted by Gasteiger charge is 2.55. The van der Waals surface area contributed by atoms with E-state index in [1.165, 1.54) is 0 Å². The van der Waals surface area contributed by atoms with Gasteiger partial charge in [0.1, 0.15) is 0 Å². The van der Waals surface area contributed by atoms with E-state index >= 15 is 0 Å². The molecule has 3 aromatic rings. The van der Waals surface area contributed by atoms with E-state index in [4.69, 9.17) is 4.74 Å². The second-order valence-corrected chi connectivity index (χ2v) is 5.95. The number of aliphatic carboxylic acids is 2. The van der Waals surface area contributed by atoms with E-state index in [9.17, 15) is 19.8 Å². The second-order valence-electron chi connectivity index (χ2n) is 5.95. The molecule has 3 rings (SSSR count). The number of fused-ring (bicyclic) bond motifs is 1. The molecule has 0 radical (unpaired) electrons. The van der Waals surface area contributed by atoms with Crippen LogP contribution in [0.3, 0.4) is 0 Å². The van der Waals surface area contributed by atoms with Gasteiger partial charge in [0.2, 0.25) is 0 Å². The Bertz CT molecular complexity index is 921. The van der Waals surface area contributed by atoms with E-state index in [2.05, 4.69) is 10.2 Å². The van der Waals surface area contributed by atoms with Gasteiger partial charge in [0, 0.05) is 12.5 Å². The van der Waals surface area contributed by atoms with Crippen molar-refractivity contribution < 1.29 is 24.5 Å². The minimum absolute atomic E-state index is 0.141. The Kier molecular flexibility index (Phi) is 4.73. The first-order chi connectivity index (χ1) is 12.5. The van der Waals surface area contributed by atoms with E-state index in [-0.39, 0.29) is 6.42 Å². The van der Waals surface area contributed by atoms with Crippen molar-refractivity contribution in [2.45, 2.75) is 17.9 Å². The van der Waals surface area contributed by atoms with Gasteiger partial charge in [0.15, 0.2) is 0 Å². The van der Waals surface area contributed by atoms with E-state index in [1.54, 1.807) is 18.2 Å². The quantitative estimate of drug-likeness (QED) is 0.562. The smallest absolute Gasteiger partial charge is 0.348 e. The molecule has 1 atom stereocenters. The number of benzene rings is 2. The molecule has 1 unspecified atom stereocenters. The molecule has 0 spiro atoms. The van der Waals surface area contributed by atoms with Crippen LogP contribution in [0, 0.1) is 0 Å². The zero-order chi connectivity index (χ0) is 18.7. The molecule has 7 nitrogen and oxygen atoms in total. The van der Waals surface area contributed by atoms with Crippen LogP contribution in [0.1, 0.15) is 17.2 Å². The van der Waals surface area contributed by atoms with Crippen LogP contribution in [0.5, 0.6) is 0 Å². The first-order valence-corrected chi connectivity index (χ1v) is 7.99. The summed E-state index contributed by atoms with van der Waals surface area (Å²) in [4.78, 5) is 24.0. The summed E-state index contributed by atoms with van der Waals surface area (Å²) < 4.78 is 5.11. The second kappa shape index (κ2) is 6.97. The average Bonchev–Trinajstić information content (AvgIpc) is 3.06. The van der Waals surface area contributed by atoms with Crippen LogP contribution in [0.15, 0.2) is 54.6 Å². The molecule has 0 amide bonds. The van der Waals surface area contributed by atoms with Crippen molar-refractivity contribution >= 4 is 22.8 Å². The molecule has 1 heterocycles. The SMILES string of the molecule is COC(C(=O)O)(C(=O)O)C(Cc1ccccc1)c1n[nH]c2ccccc12. The molecule has 0 fully saturated rings. The minimum Gasteiger partial charge on any atom is -0.479 e. The molecule has 0 saturated carbocycles. The van der Waals surface area contributed by atoms with Gasteiger partial charge < -0.3 is 14.9 Å². The number of ether oxygens (including phenoxy) is 1. The lowest BCUT2D eigenvalue weighted by Gasteiger charge is -2.31. The van der Waals surface area contributed by atoms with Crippen LogP contribution in [-0.4, -0.2) is 45.1 Å². The predicted molar refractivity (Wildman–Crippen MR) is 94.0 cm³/mol. The summed E-state index contributed by atoms with van der Waals surface area (Å²) in [5, 5.41) is 27.3. The van der Waals surface area contributed by atoms with Crippen LogP contribution in [0.4, 0.5) is 0 Å². The normalized spacial score (nSPS) is 12.8. The highest BCUT2D eigenvalue weighted by atomic mass is 16.5. The Balaban J connectivity index is 2.22. The summed E-state index contributed by atoms with van der Waals surface area (Å²) in [6.07, 6.45) is 0.141. The Morgan fingerprint density at radius 3 is 2.31 bits per heavy atom. The lowest BCUT2D eigenvalue weighted by Crippen LogP contribution is -2.54. The number of H-pyrrole nitrogens is 1. The summed E-state index contributed by atoms with van der Waals surface area (Å²) >= 11 is 0. The van der Waals surface area contributed by atoms with E-state index in [0.29, 0.717) is 16.6 Å². The molecule has 1 aromatic heterocycles. The zero-order valence-electron chi connectivity index (χ0n) is 14.0. The van der Waals surface area contributed by atoms with Crippen molar-refractivity contribution in [2.75, 3.05) is 7.11 Å². The standard InChI is InChI=1S/C19H18N2O5/c1-26-19(17(22)23,18(24)25)14(11-12-7-3-2-4-8-12)16-13-9-5-6-10-15(13)20-21-16/h2-10,14H,11H2,1H3,(H,20,21)(H,22,23)(H,24,25). The van der Waals surface area contributed by atoms with Crippen molar-refractivity contribution in [3.63, 3.8) is 0 Å².